The van der Waals surface area contributed by atoms with Gasteiger partial charge in [0, 0.05) is 0 Å². The van der Waals surface area contributed by atoms with Gasteiger partial charge in [-0.05, 0) is 12.5 Å². The molecule has 0 radical (unpaired) electrons. The summed E-state index contributed by atoms with van der Waals surface area (Å²) in [5.41, 5.74) is 0.897. The molecule has 0 unspecified atom stereocenters. The van der Waals surface area contributed by atoms with Gasteiger partial charge >= 0.3 is 5.97 Å². The second kappa shape index (κ2) is 5.11. The smallest absolute Gasteiger partial charge is 0.380 e. The maximum absolute atomic E-state index is 11.5. The molecule has 0 saturated heterocycles. The first-order valence-corrected chi connectivity index (χ1v) is 5.01. The number of nitrogens with zero attached hydrogens (tertiary/aromatic N) is 4. The van der Waals surface area contributed by atoms with E-state index in [1.54, 1.807) is 6.92 Å². The fourth-order valence-corrected chi connectivity index (χ4v) is 1.15. The minimum absolute atomic E-state index is 0.133. The third-order valence-electron chi connectivity index (χ3n) is 1.97. The van der Waals surface area contributed by atoms with Gasteiger partial charge < -0.3 is 4.74 Å². The number of carbonyl (C=O) groups is 1. The first kappa shape index (κ1) is 11.1. The first-order valence-electron chi connectivity index (χ1n) is 5.01. The summed E-state index contributed by atoms with van der Waals surface area (Å²) in [7, 11) is 0. The number of esters is 1. The van der Waals surface area contributed by atoms with Gasteiger partial charge in [0.15, 0.2) is 5.82 Å². The van der Waals surface area contributed by atoms with Crippen molar-refractivity contribution in [3.63, 3.8) is 0 Å². The van der Waals surface area contributed by atoms with E-state index in [2.05, 4.69) is 20.4 Å². The number of benzene rings is 1. The standard InChI is InChI=1S/C11H10N4O2/c1-8-12-14-10(15-13-8)11(16)17-7-9-5-3-2-4-6-9/h2-6H,7H2,1H3. The fraction of sp³-hybridized carbons (Fsp3) is 0.182. The number of rotatable bonds is 3. The van der Waals surface area contributed by atoms with E-state index in [0.717, 1.165) is 5.56 Å². The monoisotopic (exact) mass is 230 g/mol. The van der Waals surface area contributed by atoms with Crippen molar-refractivity contribution in [1.82, 2.24) is 20.4 Å². The topological polar surface area (TPSA) is 77.9 Å². The van der Waals surface area contributed by atoms with Crippen LogP contribution in [0.5, 0.6) is 0 Å². The molecule has 0 saturated carbocycles. The third kappa shape index (κ3) is 3.04. The van der Waals surface area contributed by atoms with Crippen LogP contribution in [-0.4, -0.2) is 26.4 Å². The summed E-state index contributed by atoms with van der Waals surface area (Å²) >= 11 is 0. The molecule has 0 aliphatic carbocycles. The number of hydrogen-bond donors (Lipinski definition) is 0. The van der Waals surface area contributed by atoms with Gasteiger partial charge in [0.25, 0.3) is 5.82 Å². The summed E-state index contributed by atoms with van der Waals surface area (Å²) in [5.74, 6) is -0.356. The number of carbonyl (C=O) groups excluding carboxylic acids is 1. The summed E-state index contributed by atoms with van der Waals surface area (Å²) in [6.45, 7) is 1.82. The molecule has 0 amide bonds. The van der Waals surface area contributed by atoms with E-state index in [9.17, 15) is 4.79 Å². The molecule has 0 aliphatic rings. The summed E-state index contributed by atoms with van der Waals surface area (Å²) in [6.07, 6.45) is 0. The normalized spacial score (nSPS) is 9.94. The second-order valence-corrected chi connectivity index (χ2v) is 3.33. The van der Waals surface area contributed by atoms with Crippen LogP contribution in [0.2, 0.25) is 0 Å². The molecule has 6 heteroatoms. The molecule has 6 nitrogen and oxygen atoms in total. The van der Waals surface area contributed by atoms with Crippen LogP contribution >= 0.6 is 0 Å². The minimum Gasteiger partial charge on any atom is -0.455 e. The van der Waals surface area contributed by atoms with Crippen LogP contribution in [0.3, 0.4) is 0 Å². The number of hydrogen-bond acceptors (Lipinski definition) is 6. The van der Waals surface area contributed by atoms with Crippen LogP contribution in [-0.2, 0) is 11.3 Å². The lowest BCUT2D eigenvalue weighted by Crippen LogP contribution is -2.12. The van der Waals surface area contributed by atoms with Gasteiger partial charge in [0.05, 0.1) is 0 Å². The maximum Gasteiger partial charge on any atom is 0.380 e. The van der Waals surface area contributed by atoms with E-state index in [1.165, 1.54) is 0 Å². The summed E-state index contributed by atoms with van der Waals surface area (Å²) in [6, 6.07) is 9.35. The number of aryl methyl sites for hydroxylation is 1. The minimum atomic E-state index is -0.631. The van der Waals surface area contributed by atoms with Gasteiger partial charge in [0.2, 0.25) is 0 Å². The van der Waals surface area contributed by atoms with Gasteiger partial charge in [-0.15, -0.1) is 20.4 Å². The van der Waals surface area contributed by atoms with Crippen molar-refractivity contribution in [1.29, 1.82) is 0 Å². The molecule has 0 fully saturated rings. The molecule has 2 aromatic rings. The largest absolute Gasteiger partial charge is 0.455 e. The zero-order chi connectivity index (χ0) is 12.1. The van der Waals surface area contributed by atoms with Gasteiger partial charge in [-0.25, -0.2) is 4.79 Å². The Balaban J connectivity index is 1.96. The van der Waals surface area contributed by atoms with Crippen molar-refractivity contribution in [2.75, 3.05) is 0 Å². The molecule has 1 heterocycles. The van der Waals surface area contributed by atoms with Gasteiger partial charge in [-0.3, -0.25) is 0 Å². The molecule has 0 spiro atoms. The molecule has 2 rings (SSSR count). The van der Waals surface area contributed by atoms with E-state index < -0.39 is 5.97 Å². The highest BCUT2D eigenvalue weighted by atomic mass is 16.5. The summed E-state index contributed by atoms with van der Waals surface area (Å²) < 4.78 is 5.01. The molecule has 17 heavy (non-hydrogen) atoms. The maximum atomic E-state index is 11.5. The molecular weight excluding hydrogens is 220 g/mol. The predicted molar refractivity (Wildman–Crippen MR) is 57.9 cm³/mol. The predicted octanol–water partition coefficient (Wildman–Crippen LogP) is 0.932. The van der Waals surface area contributed by atoms with E-state index in [0.29, 0.717) is 5.82 Å². The lowest BCUT2D eigenvalue weighted by Gasteiger charge is -2.02. The fourth-order valence-electron chi connectivity index (χ4n) is 1.15. The highest BCUT2D eigenvalue weighted by Gasteiger charge is 2.12. The lowest BCUT2D eigenvalue weighted by molar-refractivity contribution is 0.0454. The molecule has 0 bridgehead atoms. The molecule has 0 atom stereocenters. The Morgan fingerprint density at radius 2 is 1.76 bits per heavy atom. The highest BCUT2D eigenvalue weighted by Crippen LogP contribution is 2.02. The number of ether oxygens (including phenoxy) is 1. The third-order valence-corrected chi connectivity index (χ3v) is 1.97. The number of aromatic nitrogens is 4. The van der Waals surface area contributed by atoms with Gasteiger partial charge in [-0.2, -0.15) is 0 Å². The molecule has 1 aromatic heterocycles. The average Bonchev–Trinajstić information content (AvgIpc) is 2.38. The van der Waals surface area contributed by atoms with Crippen LogP contribution in [0, 0.1) is 6.92 Å². The van der Waals surface area contributed by atoms with Gasteiger partial charge in [-0.1, -0.05) is 30.3 Å². The van der Waals surface area contributed by atoms with E-state index >= 15 is 0 Å². The Bertz CT molecular complexity index is 499. The quantitative estimate of drug-likeness (QED) is 0.730. The molecule has 1 aromatic carbocycles. The van der Waals surface area contributed by atoms with Crippen LogP contribution < -0.4 is 0 Å². The second-order valence-electron chi connectivity index (χ2n) is 3.33. The van der Waals surface area contributed by atoms with Crippen LogP contribution in [0.4, 0.5) is 0 Å². The zero-order valence-corrected chi connectivity index (χ0v) is 9.20. The Labute approximate surface area is 97.7 Å². The van der Waals surface area contributed by atoms with Crippen LogP contribution in [0.25, 0.3) is 0 Å². The van der Waals surface area contributed by atoms with E-state index in [-0.39, 0.29) is 12.4 Å². The van der Waals surface area contributed by atoms with E-state index in [1.807, 2.05) is 30.3 Å². The van der Waals surface area contributed by atoms with Crippen molar-refractivity contribution in [3.05, 3.63) is 47.5 Å². The Kier molecular flexibility index (Phi) is 3.34. The Hall–Kier alpha value is -2.37. The molecule has 86 valence electrons. The van der Waals surface area contributed by atoms with Crippen molar-refractivity contribution in [3.8, 4) is 0 Å². The van der Waals surface area contributed by atoms with Crippen LogP contribution in [0.1, 0.15) is 22.0 Å². The Morgan fingerprint density at radius 3 is 2.41 bits per heavy atom. The molecule has 0 aliphatic heterocycles. The molecular formula is C11H10N4O2. The van der Waals surface area contributed by atoms with Crippen molar-refractivity contribution in [2.24, 2.45) is 0 Å². The lowest BCUT2D eigenvalue weighted by atomic mass is 10.2. The average molecular weight is 230 g/mol. The zero-order valence-electron chi connectivity index (χ0n) is 9.20. The molecule has 0 N–H and O–H groups in total. The van der Waals surface area contributed by atoms with Crippen molar-refractivity contribution >= 4 is 5.97 Å². The highest BCUT2D eigenvalue weighted by molar-refractivity contribution is 5.84. The van der Waals surface area contributed by atoms with Crippen molar-refractivity contribution in [2.45, 2.75) is 13.5 Å². The Morgan fingerprint density at radius 1 is 1.12 bits per heavy atom. The van der Waals surface area contributed by atoms with E-state index in [4.69, 9.17) is 4.74 Å². The first-order chi connectivity index (χ1) is 8.25. The van der Waals surface area contributed by atoms with Crippen molar-refractivity contribution < 1.29 is 9.53 Å². The van der Waals surface area contributed by atoms with Gasteiger partial charge in [0.1, 0.15) is 6.61 Å². The van der Waals surface area contributed by atoms with Crippen LogP contribution in [0.15, 0.2) is 30.3 Å². The summed E-state index contributed by atoms with van der Waals surface area (Å²) in [5, 5.41) is 14.4. The SMILES string of the molecule is Cc1nnc(C(=O)OCc2ccccc2)nn1. The summed E-state index contributed by atoms with van der Waals surface area (Å²) in [4.78, 5) is 11.5.